The summed E-state index contributed by atoms with van der Waals surface area (Å²) in [6.07, 6.45) is 4.65. The molecule has 1 aromatic carbocycles. The number of fused-ring (bicyclic) bond motifs is 2. The van der Waals surface area contributed by atoms with Crippen molar-refractivity contribution in [1.82, 2.24) is 9.55 Å². The number of ether oxygens (including phenoxy) is 1. The first-order chi connectivity index (χ1) is 13.0. The molecule has 5 rings (SSSR count). The minimum atomic E-state index is -0.588. The molecule has 0 radical (unpaired) electrons. The van der Waals surface area contributed by atoms with Crippen LogP contribution in [-0.4, -0.2) is 35.8 Å². The monoisotopic (exact) mass is 408 g/mol. The van der Waals surface area contributed by atoms with Gasteiger partial charge in [0.2, 0.25) is 0 Å². The highest BCUT2D eigenvalue weighted by molar-refractivity contribution is 5.96. The van der Waals surface area contributed by atoms with Gasteiger partial charge in [-0.25, -0.2) is 9.18 Å². The van der Waals surface area contributed by atoms with E-state index < -0.39 is 17.1 Å². The van der Waals surface area contributed by atoms with Crippen LogP contribution in [0.3, 0.4) is 0 Å². The summed E-state index contributed by atoms with van der Waals surface area (Å²) in [6.45, 7) is 1.10. The van der Waals surface area contributed by atoms with Crippen molar-refractivity contribution < 1.29 is 9.13 Å². The van der Waals surface area contributed by atoms with Crippen molar-refractivity contribution in [1.29, 1.82) is 0 Å². The first kappa shape index (κ1) is 19.0. The van der Waals surface area contributed by atoms with Crippen LogP contribution in [0.5, 0.6) is 5.75 Å². The number of halogens is 2. The Labute approximate surface area is 166 Å². The van der Waals surface area contributed by atoms with Crippen LogP contribution >= 0.6 is 12.4 Å². The summed E-state index contributed by atoms with van der Waals surface area (Å²) in [5, 5.41) is 0.174. The molecule has 3 N–H and O–H groups in total. The van der Waals surface area contributed by atoms with E-state index in [0.29, 0.717) is 18.6 Å². The zero-order chi connectivity index (χ0) is 18.9. The third-order valence-corrected chi connectivity index (χ3v) is 5.98. The summed E-state index contributed by atoms with van der Waals surface area (Å²) in [5.41, 5.74) is 6.90. The molecular weight excluding hydrogens is 387 g/mol. The minimum absolute atomic E-state index is 0. The van der Waals surface area contributed by atoms with Crippen LogP contribution < -0.4 is 26.6 Å². The van der Waals surface area contributed by atoms with Crippen molar-refractivity contribution >= 4 is 29.0 Å². The minimum Gasteiger partial charge on any atom is -0.494 e. The Morgan fingerprint density at radius 1 is 1.32 bits per heavy atom. The summed E-state index contributed by atoms with van der Waals surface area (Å²) in [4.78, 5) is 29.4. The molecule has 2 heterocycles. The lowest BCUT2D eigenvalue weighted by atomic mass is 10.0. The van der Waals surface area contributed by atoms with E-state index in [2.05, 4.69) is 11.1 Å². The molecule has 0 amide bonds. The largest absolute Gasteiger partial charge is 0.494 e. The van der Waals surface area contributed by atoms with Crippen LogP contribution in [0, 0.1) is 11.7 Å². The number of benzene rings is 1. The predicted molar refractivity (Wildman–Crippen MR) is 107 cm³/mol. The Kier molecular flexibility index (Phi) is 4.50. The third kappa shape index (κ3) is 2.66. The highest BCUT2D eigenvalue weighted by Gasteiger charge is 2.38. The second-order valence-corrected chi connectivity index (χ2v) is 7.66. The van der Waals surface area contributed by atoms with Crippen molar-refractivity contribution in [2.75, 3.05) is 25.1 Å². The Morgan fingerprint density at radius 3 is 2.71 bits per heavy atom. The molecule has 3 aliphatic rings. The Bertz CT molecular complexity index is 1110. The Balaban J connectivity index is 0.00000192. The van der Waals surface area contributed by atoms with Gasteiger partial charge in [-0.1, -0.05) is 6.08 Å². The number of methoxy groups -OCH3 is 1. The van der Waals surface area contributed by atoms with Crippen molar-refractivity contribution in [3.05, 3.63) is 44.4 Å². The van der Waals surface area contributed by atoms with E-state index in [0.717, 1.165) is 19.3 Å². The van der Waals surface area contributed by atoms with E-state index in [9.17, 15) is 9.59 Å². The van der Waals surface area contributed by atoms with Crippen molar-refractivity contribution in [2.24, 2.45) is 11.7 Å². The number of hydrogen-bond donors (Lipinski definition) is 2. The maximum absolute atomic E-state index is 15.1. The number of aromatic amines is 1. The number of rotatable bonds is 3. The zero-order valence-corrected chi connectivity index (χ0v) is 16.2. The molecular formula is C19H22ClFN4O3. The molecule has 0 spiro atoms. The highest BCUT2D eigenvalue weighted by Crippen LogP contribution is 2.43. The number of anilines is 1. The topological polar surface area (TPSA) is 93.3 Å². The molecule has 1 aromatic heterocycles. The number of nitrogens with one attached hydrogen (secondary N) is 1. The first-order valence-corrected chi connectivity index (χ1v) is 9.24. The van der Waals surface area contributed by atoms with Gasteiger partial charge in [-0.15, -0.1) is 12.4 Å². The van der Waals surface area contributed by atoms with Gasteiger partial charge >= 0.3 is 5.69 Å². The van der Waals surface area contributed by atoms with Gasteiger partial charge in [-0.2, -0.15) is 0 Å². The van der Waals surface area contributed by atoms with Gasteiger partial charge in [0.05, 0.1) is 18.2 Å². The molecule has 1 saturated carbocycles. The van der Waals surface area contributed by atoms with Crippen LogP contribution in [0.15, 0.2) is 27.3 Å². The molecule has 7 nitrogen and oxygen atoms in total. The van der Waals surface area contributed by atoms with Crippen LogP contribution in [-0.2, 0) is 0 Å². The Hall–Kier alpha value is -2.32. The van der Waals surface area contributed by atoms with Crippen LogP contribution in [0.2, 0.25) is 0 Å². The fourth-order valence-corrected chi connectivity index (χ4v) is 4.53. The van der Waals surface area contributed by atoms with Gasteiger partial charge < -0.3 is 15.4 Å². The lowest BCUT2D eigenvalue weighted by Crippen LogP contribution is -2.33. The molecule has 0 bridgehead atoms. The molecule has 150 valence electrons. The third-order valence-electron chi connectivity index (χ3n) is 5.98. The van der Waals surface area contributed by atoms with Gasteiger partial charge in [0, 0.05) is 37.2 Å². The summed E-state index contributed by atoms with van der Waals surface area (Å²) in [5.74, 6) is -0.147. The van der Waals surface area contributed by atoms with Crippen LogP contribution in [0.4, 0.5) is 10.1 Å². The average Bonchev–Trinajstić information content (AvgIpc) is 3.28. The molecule has 9 heteroatoms. The van der Waals surface area contributed by atoms with E-state index in [1.54, 1.807) is 4.57 Å². The van der Waals surface area contributed by atoms with Gasteiger partial charge in [-0.3, -0.25) is 14.3 Å². The van der Waals surface area contributed by atoms with E-state index in [1.807, 2.05) is 4.90 Å². The number of H-pyrrole nitrogens is 1. The predicted octanol–water partition coefficient (Wildman–Crippen LogP) is 1.69. The van der Waals surface area contributed by atoms with Crippen molar-refractivity contribution in [3.63, 3.8) is 0 Å². The first-order valence-electron chi connectivity index (χ1n) is 9.24. The van der Waals surface area contributed by atoms with Crippen molar-refractivity contribution in [3.8, 4) is 5.75 Å². The standard InChI is InChI=1S/C19H21FN4O3.ClH/c1-27-14-6-12(20)16(23-7-9-2-5-13(21)11(9)8-23)15-17(14)24(10-3-4-10)19(26)22-18(15)25;/h2,6,10-11,13H,3-5,7-8,21H2,1H3,(H,22,25,26);1H. The molecule has 1 saturated heterocycles. The second kappa shape index (κ2) is 6.63. The number of nitrogens with two attached hydrogens (primary N) is 1. The number of nitrogens with zero attached hydrogens (tertiary/aromatic N) is 2. The number of aromatic nitrogens is 2. The quantitative estimate of drug-likeness (QED) is 0.754. The smallest absolute Gasteiger partial charge is 0.329 e. The molecule has 2 fully saturated rings. The summed E-state index contributed by atoms with van der Waals surface area (Å²) in [6, 6.07) is 1.32. The molecule has 2 unspecified atom stereocenters. The molecule has 2 aromatic rings. The molecule has 2 aliphatic carbocycles. The normalized spacial score (nSPS) is 23.5. The fraction of sp³-hybridized carbons (Fsp3) is 0.474. The van der Waals surface area contributed by atoms with E-state index in [-0.39, 0.29) is 47.2 Å². The SMILES string of the molecule is COc1cc(F)c(N2CC3=CCC(N)C3C2)c2c(=O)[nH]c(=O)n(C3CC3)c12.Cl. The van der Waals surface area contributed by atoms with Gasteiger partial charge in [0.1, 0.15) is 11.3 Å². The summed E-state index contributed by atoms with van der Waals surface area (Å²) < 4.78 is 22.0. The second-order valence-electron chi connectivity index (χ2n) is 7.66. The lowest BCUT2D eigenvalue weighted by molar-refractivity contribution is 0.413. The van der Waals surface area contributed by atoms with Gasteiger partial charge in [0.25, 0.3) is 5.56 Å². The van der Waals surface area contributed by atoms with Gasteiger partial charge in [0.15, 0.2) is 5.82 Å². The van der Waals surface area contributed by atoms with E-state index in [4.69, 9.17) is 10.5 Å². The Morgan fingerprint density at radius 2 is 2.07 bits per heavy atom. The number of hydrogen-bond acceptors (Lipinski definition) is 5. The van der Waals surface area contributed by atoms with E-state index >= 15 is 4.39 Å². The maximum Gasteiger partial charge on any atom is 0.329 e. The summed E-state index contributed by atoms with van der Waals surface area (Å²) >= 11 is 0. The summed E-state index contributed by atoms with van der Waals surface area (Å²) in [7, 11) is 1.42. The van der Waals surface area contributed by atoms with Crippen LogP contribution in [0.1, 0.15) is 25.3 Å². The molecule has 1 aliphatic heterocycles. The average molecular weight is 409 g/mol. The fourth-order valence-electron chi connectivity index (χ4n) is 4.53. The zero-order valence-electron chi connectivity index (χ0n) is 15.4. The maximum atomic E-state index is 15.1. The molecule has 2 atom stereocenters. The van der Waals surface area contributed by atoms with Crippen molar-refractivity contribution in [2.45, 2.75) is 31.3 Å². The van der Waals surface area contributed by atoms with Crippen LogP contribution in [0.25, 0.3) is 10.9 Å². The van der Waals surface area contributed by atoms with E-state index in [1.165, 1.54) is 18.7 Å². The lowest BCUT2D eigenvalue weighted by Gasteiger charge is -2.24. The highest BCUT2D eigenvalue weighted by atomic mass is 35.5. The molecule has 28 heavy (non-hydrogen) atoms. The van der Waals surface area contributed by atoms with Gasteiger partial charge in [-0.05, 0) is 24.8 Å².